The zero-order valence-electron chi connectivity index (χ0n) is 11.9. The molecule has 5 heteroatoms. The summed E-state index contributed by atoms with van der Waals surface area (Å²) in [7, 11) is 0. The van der Waals surface area contributed by atoms with Gasteiger partial charge in [0.15, 0.2) is 5.82 Å². The number of hydrogen-bond acceptors (Lipinski definition) is 5. The highest BCUT2D eigenvalue weighted by Gasteiger charge is 2.11. The number of thiophene rings is 1. The molecule has 2 aromatic rings. The van der Waals surface area contributed by atoms with Gasteiger partial charge in [0, 0.05) is 10.6 Å². The number of aryl methyl sites for hydroxylation is 2. The SMILES string of the molecule is CCCC/C(C)=N\Nc1ncnc2sc(C)c(C)c12. The molecule has 0 saturated heterocycles. The van der Waals surface area contributed by atoms with E-state index in [4.69, 9.17) is 0 Å². The summed E-state index contributed by atoms with van der Waals surface area (Å²) in [5.41, 5.74) is 5.44. The minimum Gasteiger partial charge on any atom is -0.261 e. The maximum Gasteiger partial charge on any atom is 0.158 e. The molecule has 19 heavy (non-hydrogen) atoms. The normalized spacial score (nSPS) is 12.1. The Morgan fingerprint density at radius 3 is 2.89 bits per heavy atom. The van der Waals surface area contributed by atoms with Gasteiger partial charge in [0.1, 0.15) is 11.2 Å². The number of nitrogens with one attached hydrogen (secondary N) is 1. The molecule has 2 aromatic heterocycles. The highest BCUT2D eigenvalue weighted by Crippen LogP contribution is 2.32. The summed E-state index contributed by atoms with van der Waals surface area (Å²) in [6, 6.07) is 0. The monoisotopic (exact) mass is 276 g/mol. The molecule has 102 valence electrons. The van der Waals surface area contributed by atoms with Crippen molar-refractivity contribution in [1.82, 2.24) is 9.97 Å². The summed E-state index contributed by atoms with van der Waals surface area (Å²) in [4.78, 5) is 10.9. The molecule has 0 bridgehead atoms. The number of hydrogen-bond donors (Lipinski definition) is 1. The Morgan fingerprint density at radius 2 is 2.16 bits per heavy atom. The fourth-order valence-corrected chi connectivity index (χ4v) is 2.90. The molecule has 0 aliphatic carbocycles. The smallest absolute Gasteiger partial charge is 0.158 e. The minimum absolute atomic E-state index is 0.808. The maximum absolute atomic E-state index is 4.41. The fourth-order valence-electron chi connectivity index (χ4n) is 1.90. The lowest BCUT2D eigenvalue weighted by Gasteiger charge is -2.04. The van der Waals surface area contributed by atoms with E-state index in [1.54, 1.807) is 17.7 Å². The van der Waals surface area contributed by atoms with Crippen LogP contribution >= 0.6 is 11.3 Å². The predicted octanol–water partition coefficient (Wildman–Crippen LogP) is 4.29. The van der Waals surface area contributed by atoms with Crippen molar-refractivity contribution < 1.29 is 0 Å². The molecule has 0 unspecified atom stereocenters. The minimum atomic E-state index is 0.808. The van der Waals surface area contributed by atoms with Gasteiger partial charge in [0.2, 0.25) is 0 Å². The molecule has 0 spiro atoms. The Hall–Kier alpha value is -1.49. The molecule has 0 amide bonds. The van der Waals surface area contributed by atoms with E-state index in [1.807, 2.05) is 6.92 Å². The van der Waals surface area contributed by atoms with E-state index in [0.29, 0.717) is 0 Å². The van der Waals surface area contributed by atoms with Gasteiger partial charge in [0.25, 0.3) is 0 Å². The van der Waals surface area contributed by atoms with Gasteiger partial charge in [-0.25, -0.2) is 9.97 Å². The first-order valence-corrected chi connectivity index (χ1v) is 7.45. The molecule has 0 fully saturated rings. The molecule has 1 N–H and O–H groups in total. The van der Waals surface area contributed by atoms with Crippen LogP contribution in [0.4, 0.5) is 5.82 Å². The van der Waals surface area contributed by atoms with Crippen LogP contribution < -0.4 is 5.43 Å². The van der Waals surface area contributed by atoms with Crippen molar-refractivity contribution in [1.29, 1.82) is 0 Å². The van der Waals surface area contributed by atoms with Crippen LogP contribution in [0, 0.1) is 13.8 Å². The molecular weight excluding hydrogens is 256 g/mol. The zero-order valence-corrected chi connectivity index (χ0v) is 12.8. The lowest BCUT2D eigenvalue weighted by atomic mass is 10.2. The standard InChI is InChI=1S/C14H20N4S/c1-5-6-7-9(2)17-18-13-12-10(3)11(4)19-14(12)16-8-15-13/h8H,5-7H2,1-4H3,(H,15,16,18)/b17-9-. The Labute approximate surface area is 118 Å². The van der Waals surface area contributed by atoms with Gasteiger partial charge in [0.05, 0.1) is 5.39 Å². The van der Waals surface area contributed by atoms with Crippen LogP contribution in [-0.4, -0.2) is 15.7 Å². The van der Waals surface area contributed by atoms with Crippen LogP contribution in [0.1, 0.15) is 43.6 Å². The summed E-state index contributed by atoms with van der Waals surface area (Å²) >= 11 is 1.70. The Morgan fingerprint density at radius 1 is 1.37 bits per heavy atom. The topological polar surface area (TPSA) is 50.2 Å². The summed E-state index contributed by atoms with van der Waals surface area (Å²) in [6.45, 7) is 8.45. The van der Waals surface area contributed by atoms with E-state index in [2.05, 4.69) is 41.3 Å². The molecule has 0 atom stereocenters. The molecule has 2 rings (SSSR count). The molecule has 4 nitrogen and oxygen atoms in total. The lowest BCUT2D eigenvalue weighted by molar-refractivity contribution is 0.831. The van der Waals surface area contributed by atoms with Gasteiger partial charge in [-0.15, -0.1) is 11.3 Å². The molecule has 0 aliphatic heterocycles. The van der Waals surface area contributed by atoms with Crippen molar-refractivity contribution in [3.63, 3.8) is 0 Å². The first-order valence-electron chi connectivity index (χ1n) is 6.63. The Balaban J connectivity index is 2.26. The average molecular weight is 276 g/mol. The number of nitrogens with zero attached hydrogens (tertiary/aromatic N) is 3. The highest BCUT2D eigenvalue weighted by molar-refractivity contribution is 7.18. The van der Waals surface area contributed by atoms with Gasteiger partial charge in [-0.3, -0.25) is 5.43 Å². The van der Waals surface area contributed by atoms with Crippen molar-refractivity contribution in [3.8, 4) is 0 Å². The molecule has 0 aromatic carbocycles. The molecule has 0 radical (unpaired) electrons. The van der Waals surface area contributed by atoms with E-state index >= 15 is 0 Å². The third-order valence-electron chi connectivity index (χ3n) is 3.21. The van der Waals surface area contributed by atoms with E-state index in [9.17, 15) is 0 Å². The quantitative estimate of drug-likeness (QED) is 0.655. The van der Waals surface area contributed by atoms with Crippen molar-refractivity contribution in [2.24, 2.45) is 5.10 Å². The van der Waals surface area contributed by atoms with Crippen LogP contribution in [0.25, 0.3) is 10.2 Å². The van der Waals surface area contributed by atoms with Gasteiger partial charge >= 0.3 is 0 Å². The summed E-state index contributed by atoms with van der Waals surface area (Å²) in [5.74, 6) is 0.808. The zero-order chi connectivity index (χ0) is 13.8. The van der Waals surface area contributed by atoms with E-state index in [-0.39, 0.29) is 0 Å². The Bertz CT molecular complexity index is 601. The van der Waals surface area contributed by atoms with Crippen LogP contribution in [0.2, 0.25) is 0 Å². The molecule has 0 aliphatic rings. The number of aromatic nitrogens is 2. The molecule has 2 heterocycles. The van der Waals surface area contributed by atoms with Crippen molar-refractivity contribution in [3.05, 3.63) is 16.8 Å². The van der Waals surface area contributed by atoms with Gasteiger partial charge in [-0.05, 0) is 39.2 Å². The third kappa shape index (κ3) is 3.10. The van der Waals surface area contributed by atoms with Crippen molar-refractivity contribution in [2.45, 2.75) is 47.0 Å². The second-order valence-corrected chi connectivity index (χ2v) is 5.95. The molecular formula is C14H20N4S. The number of anilines is 1. The molecule has 0 saturated carbocycles. The summed E-state index contributed by atoms with van der Waals surface area (Å²) in [5, 5.41) is 5.51. The van der Waals surface area contributed by atoms with Crippen molar-refractivity contribution >= 4 is 33.1 Å². The first-order chi connectivity index (χ1) is 9.13. The van der Waals surface area contributed by atoms with Crippen LogP contribution in [0.3, 0.4) is 0 Å². The number of rotatable bonds is 5. The van der Waals surface area contributed by atoms with Crippen LogP contribution in [0.15, 0.2) is 11.4 Å². The fraction of sp³-hybridized carbons (Fsp3) is 0.500. The van der Waals surface area contributed by atoms with Crippen molar-refractivity contribution in [2.75, 3.05) is 5.43 Å². The number of fused-ring (bicyclic) bond motifs is 1. The maximum atomic E-state index is 4.41. The largest absolute Gasteiger partial charge is 0.261 e. The van der Waals surface area contributed by atoms with Crippen LogP contribution in [-0.2, 0) is 0 Å². The average Bonchev–Trinajstić information content (AvgIpc) is 2.70. The van der Waals surface area contributed by atoms with Gasteiger partial charge in [-0.1, -0.05) is 13.3 Å². The predicted molar refractivity (Wildman–Crippen MR) is 83.1 cm³/mol. The number of unbranched alkanes of at least 4 members (excludes halogenated alkanes) is 1. The summed E-state index contributed by atoms with van der Waals surface area (Å²) in [6.07, 6.45) is 4.98. The van der Waals surface area contributed by atoms with E-state index in [0.717, 1.165) is 28.2 Å². The van der Waals surface area contributed by atoms with Gasteiger partial charge in [-0.2, -0.15) is 5.10 Å². The number of hydrazone groups is 1. The Kier molecular flexibility index (Phi) is 4.47. The highest BCUT2D eigenvalue weighted by atomic mass is 32.1. The first kappa shape index (κ1) is 13.9. The van der Waals surface area contributed by atoms with Crippen LogP contribution in [0.5, 0.6) is 0 Å². The summed E-state index contributed by atoms with van der Waals surface area (Å²) < 4.78 is 0. The van der Waals surface area contributed by atoms with E-state index < -0.39 is 0 Å². The third-order valence-corrected chi connectivity index (χ3v) is 4.33. The second kappa shape index (κ2) is 6.10. The lowest BCUT2D eigenvalue weighted by Crippen LogP contribution is -2.00. The second-order valence-electron chi connectivity index (χ2n) is 4.75. The van der Waals surface area contributed by atoms with Gasteiger partial charge < -0.3 is 0 Å². The van der Waals surface area contributed by atoms with E-state index in [1.165, 1.54) is 23.3 Å².